The van der Waals surface area contributed by atoms with Gasteiger partial charge in [0.25, 0.3) is 0 Å². The lowest BCUT2D eigenvalue weighted by molar-refractivity contribution is 0.710. The molecule has 2 unspecified atom stereocenters. The van der Waals surface area contributed by atoms with Crippen LogP contribution in [0.25, 0.3) is 0 Å². The number of anilines is 2. The standard InChI is InChI=1S/C14H22N4S/c1-8-6-18(7-9(2)19-8)14-10(3)12(15)16-13(17-14)11-4-5-11/h8-9,11H,4-7H2,1-3H3,(H2,15,16,17). The predicted octanol–water partition coefficient (Wildman–Crippen LogP) is 2.57. The second-order valence-electron chi connectivity index (χ2n) is 5.85. The second-order valence-corrected chi connectivity index (χ2v) is 7.73. The average Bonchev–Trinajstić information content (AvgIpc) is 3.15. The topological polar surface area (TPSA) is 55.0 Å². The number of aromatic nitrogens is 2. The molecule has 104 valence electrons. The Morgan fingerprint density at radius 1 is 1.16 bits per heavy atom. The van der Waals surface area contributed by atoms with Crippen LogP contribution in [0.1, 0.15) is 44.0 Å². The summed E-state index contributed by atoms with van der Waals surface area (Å²) in [5.74, 6) is 3.23. The van der Waals surface area contributed by atoms with Crippen molar-refractivity contribution in [1.82, 2.24) is 9.97 Å². The Balaban J connectivity index is 1.94. The Morgan fingerprint density at radius 3 is 2.37 bits per heavy atom. The van der Waals surface area contributed by atoms with E-state index in [2.05, 4.69) is 35.5 Å². The first-order valence-corrected chi connectivity index (χ1v) is 8.03. The van der Waals surface area contributed by atoms with Gasteiger partial charge in [-0.05, 0) is 19.8 Å². The van der Waals surface area contributed by atoms with Crippen molar-refractivity contribution in [1.29, 1.82) is 0 Å². The molecule has 0 radical (unpaired) electrons. The molecule has 5 heteroatoms. The Bertz CT molecular complexity index is 477. The van der Waals surface area contributed by atoms with Crippen LogP contribution in [0, 0.1) is 6.92 Å². The van der Waals surface area contributed by atoms with E-state index in [9.17, 15) is 0 Å². The zero-order valence-electron chi connectivity index (χ0n) is 11.9. The monoisotopic (exact) mass is 278 g/mol. The smallest absolute Gasteiger partial charge is 0.137 e. The van der Waals surface area contributed by atoms with Crippen molar-refractivity contribution in [2.45, 2.75) is 50.0 Å². The molecule has 2 atom stereocenters. The van der Waals surface area contributed by atoms with Crippen molar-refractivity contribution in [2.24, 2.45) is 0 Å². The molecule has 2 heterocycles. The van der Waals surface area contributed by atoms with Crippen LogP contribution < -0.4 is 10.6 Å². The molecule has 2 aliphatic rings. The quantitative estimate of drug-likeness (QED) is 0.901. The van der Waals surface area contributed by atoms with E-state index in [0.29, 0.717) is 22.2 Å². The summed E-state index contributed by atoms with van der Waals surface area (Å²) in [6.45, 7) is 8.72. The molecule has 1 aliphatic carbocycles. The number of rotatable bonds is 2. The van der Waals surface area contributed by atoms with Crippen molar-refractivity contribution >= 4 is 23.4 Å². The number of thioether (sulfide) groups is 1. The van der Waals surface area contributed by atoms with E-state index >= 15 is 0 Å². The van der Waals surface area contributed by atoms with Crippen LogP contribution in [0.4, 0.5) is 11.6 Å². The van der Waals surface area contributed by atoms with Crippen LogP contribution in [-0.4, -0.2) is 33.6 Å². The van der Waals surface area contributed by atoms with Gasteiger partial charge in [-0.1, -0.05) is 13.8 Å². The van der Waals surface area contributed by atoms with Crippen LogP contribution in [-0.2, 0) is 0 Å². The van der Waals surface area contributed by atoms with E-state index in [0.717, 1.165) is 30.3 Å². The number of hydrogen-bond acceptors (Lipinski definition) is 5. The largest absolute Gasteiger partial charge is 0.383 e. The summed E-state index contributed by atoms with van der Waals surface area (Å²) in [7, 11) is 0. The maximum atomic E-state index is 6.08. The maximum Gasteiger partial charge on any atom is 0.137 e. The molecular weight excluding hydrogens is 256 g/mol. The van der Waals surface area contributed by atoms with Crippen LogP contribution in [0.3, 0.4) is 0 Å². The number of hydrogen-bond donors (Lipinski definition) is 1. The summed E-state index contributed by atoms with van der Waals surface area (Å²) < 4.78 is 0. The van der Waals surface area contributed by atoms with Crippen molar-refractivity contribution in [3.63, 3.8) is 0 Å². The molecule has 1 aromatic heterocycles. The van der Waals surface area contributed by atoms with E-state index in [-0.39, 0.29) is 0 Å². The van der Waals surface area contributed by atoms with Gasteiger partial charge in [-0.3, -0.25) is 0 Å². The molecule has 0 aromatic carbocycles. The molecular formula is C14H22N4S. The molecule has 2 N–H and O–H groups in total. The van der Waals surface area contributed by atoms with Gasteiger partial charge in [0.1, 0.15) is 17.5 Å². The van der Waals surface area contributed by atoms with E-state index in [1.807, 2.05) is 6.92 Å². The third kappa shape index (κ3) is 2.66. The van der Waals surface area contributed by atoms with Gasteiger partial charge < -0.3 is 10.6 Å². The molecule has 0 spiro atoms. The van der Waals surface area contributed by atoms with E-state index in [4.69, 9.17) is 10.7 Å². The summed E-state index contributed by atoms with van der Waals surface area (Å²) in [5.41, 5.74) is 7.12. The minimum atomic E-state index is 0.552. The minimum Gasteiger partial charge on any atom is -0.383 e. The highest BCUT2D eigenvalue weighted by atomic mass is 32.2. The first-order valence-electron chi connectivity index (χ1n) is 7.09. The molecule has 0 amide bonds. The number of nitrogens with zero attached hydrogens (tertiary/aromatic N) is 3. The Kier molecular flexibility index (Phi) is 3.33. The van der Waals surface area contributed by atoms with E-state index in [1.165, 1.54) is 12.8 Å². The summed E-state index contributed by atoms with van der Waals surface area (Å²) in [5, 5.41) is 1.28. The highest BCUT2D eigenvalue weighted by molar-refractivity contribution is 8.00. The van der Waals surface area contributed by atoms with Crippen molar-refractivity contribution in [2.75, 3.05) is 23.7 Å². The second kappa shape index (κ2) is 4.85. The van der Waals surface area contributed by atoms with Gasteiger partial charge in [0.05, 0.1) is 0 Å². The lowest BCUT2D eigenvalue weighted by atomic mass is 10.2. The van der Waals surface area contributed by atoms with E-state index < -0.39 is 0 Å². The van der Waals surface area contributed by atoms with Crippen LogP contribution >= 0.6 is 11.8 Å². The van der Waals surface area contributed by atoms with Crippen LogP contribution in [0.15, 0.2) is 0 Å². The van der Waals surface area contributed by atoms with Crippen molar-refractivity contribution in [3.05, 3.63) is 11.4 Å². The number of nitrogens with two attached hydrogens (primary N) is 1. The fourth-order valence-corrected chi connectivity index (χ4v) is 4.05. The lowest BCUT2D eigenvalue weighted by Crippen LogP contribution is -2.41. The molecule has 1 aromatic rings. The highest BCUT2D eigenvalue weighted by Crippen LogP contribution is 2.40. The molecule has 1 saturated heterocycles. The number of nitrogen functional groups attached to an aromatic ring is 1. The first-order chi connectivity index (χ1) is 9.04. The van der Waals surface area contributed by atoms with Crippen LogP contribution in [0.5, 0.6) is 0 Å². The maximum absolute atomic E-state index is 6.08. The lowest BCUT2D eigenvalue weighted by Gasteiger charge is -2.36. The van der Waals surface area contributed by atoms with Gasteiger partial charge in [0.15, 0.2) is 0 Å². The normalized spacial score (nSPS) is 27.6. The summed E-state index contributed by atoms with van der Waals surface area (Å²) in [6, 6.07) is 0. The molecule has 4 nitrogen and oxygen atoms in total. The Morgan fingerprint density at radius 2 is 1.79 bits per heavy atom. The fourth-order valence-electron chi connectivity index (χ4n) is 2.72. The third-order valence-corrected chi connectivity index (χ3v) is 5.06. The van der Waals surface area contributed by atoms with E-state index in [1.54, 1.807) is 0 Å². The summed E-state index contributed by atoms with van der Waals surface area (Å²) in [6.07, 6.45) is 2.43. The van der Waals surface area contributed by atoms with Gasteiger partial charge in [-0.15, -0.1) is 0 Å². The highest BCUT2D eigenvalue weighted by Gasteiger charge is 2.30. The van der Waals surface area contributed by atoms with Gasteiger partial charge in [0, 0.05) is 35.1 Å². The zero-order chi connectivity index (χ0) is 13.6. The third-order valence-electron chi connectivity index (χ3n) is 3.84. The van der Waals surface area contributed by atoms with Gasteiger partial charge in [-0.25, -0.2) is 9.97 Å². The fraction of sp³-hybridized carbons (Fsp3) is 0.714. The molecule has 19 heavy (non-hydrogen) atoms. The van der Waals surface area contributed by atoms with Crippen LogP contribution in [0.2, 0.25) is 0 Å². The van der Waals surface area contributed by atoms with Crippen molar-refractivity contribution in [3.8, 4) is 0 Å². The van der Waals surface area contributed by atoms with Gasteiger partial charge in [0.2, 0.25) is 0 Å². The first kappa shape index (κ1) is 13.0. The minimum absolute atomic E-state index is 0.552. The Hall–Kier alpha value is -0.970. The SMILES string of the molecule is Cc1c(N)nc(C2CC2)nc1N1CC(C)SC(C)C1. The molecule has 1 aliphatic heterocycles. The van der Waals surface area contributed by atoms with Gasteiger partial charge in [-0.2, -0.15) is 11.8 Å². The summed E-state index contributed by atoms with van der Waals surface area (Å²) >= 11 is 2.06. The molecule has 0 bridgehead atoms. The zero-order valence-corrected chi connectivity index (χ0v) is 12.7. The molecule has 2 fully saturated rings. The molecule has 1 saturated carbocycles. The molecule has 3 rings (SSSR count). The predicted molar refractivity (Wildman–Crippen MR) is 81.9 cm³/mol. The van der Waals surface area contributed by atoms with Gasteiger partial charge >= 0.3 is 0 Å². The van der Waals surface area contributed by atoms with Crippen molar-refractivity contribution < 1.29 is 0 Å². The Labute approximate surface area is 119 Å². The summed E-state index contributed by atoms with van der Waals surface area (Å²) in [4.78, 5) is 11.7. The average molecular weight is 278 g/mol.